The molecule has 0 radical (unpaired) electrons. The summed E-state index contributed by atoms with van der Waals surface area (Å²) in [4.78, 5) is 10.6. The van der Waals surface area contributed by atoms with E-state index in [0.717, 1.165) is 11.5 Å². The van der Waals surface area contributed by atoms with Crippen molar-refractivity contribution >= 4 is 5.97 Å². The van der Waals surface area contributed by atoms with Crippen molar-refractivity contribution in [3.8, 4) is 0 Å². The quantitative estimate of drug-likeness (QED) is 0.480. The van der Waals surface area contributed by atoms with Gasteiger partial charge in [-0.05, 0) is 75.4 Å². The molecule has 0 aromatic heterocycles. The molecular weight excluding hydrogens is 296 g/mol. The highest BCUT2D eigenvalue weighted by molar-refractivity contribution is 5.81. The normalized spacial score (nSPS) is 24.4. The summed E-state index contributed by atoms with van der Waals surface area (Å²) in [5.41, 5.74) is 5.59. The maximum atomic E-state index is 10.6. The van der Waals surface area contributed by atoms with Gasteiger partial charge in [-0.3, -0.25) is 0 Å². The lowest BCUT2D eigenvalue weighted by Gasteiger charge is -2.31. The van der Waals surface area contributed by atoms with E-state index in [0.29, 0.717) is 5.41 Å². The molecule has 1 fully saturated rings. The Hall–Kier alpha value is -1.83. The molecule has 2 aliphatic rings. The van der Waals surface area contributed by atoms with Crippen LogP contribution in [0.25, 0.3) is 0 Å². The highest BCUT2D eigenvalue weighted by Crippen LogP contribution is 2.60. The molecule has 2 aliphatic carbocycles. The van der Waals surface area contributed by atoms with Gasteiger partial charge in [-0.15, -0.1) is 0 Å². The van der Waals surface area contributed by atoms with Crippen molar-refractivity contribution in [1.82, 2.24) is 0 Å². The van der Waals surface area contributed by atoms with E-state index < -0.39 is 5.97 Å². The van der Waals surface area contributed by atoms with Crippen molar-refractivity contribution in [2.24, 2.45) is 11.3 Å². The van der Waals surface area contributed by atoms with Crippen molar-refractivity contribution in [1.29, 1.82) is 0 Å². The molecule has 0 bridgehead atoms. The van der Waals surface area contributed by atoms with Gasteiger partial charge in [-0.1, -0.05) is 48.5 Å². The fourth-order valence-electron chi connectivity index (χ4n) is 3.79. The van der Waals surface area contributed by atoms with Crippen LogP contribution in [-0.2, 0) is 4.79 Å². The SMILES string of the molecule is CCC1CCC2(CC2)C(/C=C/C(C)=C/C=C/C(C)=C/C(=O)O)=C1C. The smallest absolute Gasteiger partial charge is 0.328 e. The average molecular weight is 326 g/mol. The minimum Gasteiger partial charge on any atom is -0.478 e. The highest BCUT2D eigenvalue weighted by atomic mass is 16.4. The molecule has 2 nitrogen and oxygen atoms in total. The van der Waals surface area contributed by atoms with Gasteiger partial charge in [0.2, 0.25) is 0 Å². The van der Waals surface area contributed by atoms with Crippen LogP contribution < -0.4 is 0 Å². The molecule has 0 aromatic carbocycles. The van der Waals surface area contributed by atoms with Gasteiger partial charge < -0.3 is 5.11 Å². The Morgan fingerprint density at radius 2 is 1.92 bits per heavy atom. The van der Waals surface area contributed by atoms with E-state index in [1.165, 1.54) is 43.8 Å². The molecule has 130 valence electrons. The zero-order valence-electron chi connectivity index (χ0n) is 15.4. The second kappa shape index (κ2) is 7.83. The van der Waals surface area contributed by atoms with Crippen LogP contribution >= 0.6 is 0 Å². The van der Waals surface area contributed by atoms with Crippen LogP contribution in [0.4, 0.5) is 0 Å². The van der Waals surface area contributed by atoms with Gasteiger partial charge in [0, 0.05) is 6.08 Å². The first kappa shape index (κ1) is 18.5. The van der Waals surface area contributed by atoms with Crippen LogP contribution in [0, 0.1) is 11.3 Å². The summed E-state index contributed by atoms with van der Waals surface area (Å²) >= 11 is 0. The Bertz CT molecular complexity index is 637. The Morgan fingerprint density at radius 1 is 1.21 bits per heavy atom. The molecule has 1 unspecified atom stereocenters. The molecule has 0 saturated heterocycles. The first-order valence-corrected chi connectivity index (χ1v) is 9.03. The van der Waals surface area contributed by atoms with Crippen LogP contribution in [0.15, 0.2) is 58.7 Å². The number of carboxylic acids is 1. The summed E-state index contributed by atoms with van der Waals surface area (Å²) < 4.78 is 0. The topological polar surface area (TPSA) is 37.3 Å². The molecule has 0 heterocycles. The number of hydrogen-bond donors (Lipinski definition) is 1. The summed E-state index contributed by atoms with van der Waals surface area (Å²) in [6, 6.07) is 0. The Morgan fingerprint density at radius 3 is 2.50 bits per heavy atom. The summed E-state index contributed by atoms with van der Waals surface area (Å²) in [7, 11) is 0. The predicted octanol–water partition coefficient (Wildman–Crippen LogP) is 5.99. The molecule has 1 N–H and O–H groups in total. The fourth-order valence-corrected chi connectivity index (χ4v) is 3.79. The first-order valence-electron chi connectivity index (χ1n) is 9.03. The number of aliphatic carboxylic acids is 1. The molecule has 2 rings (SSSR count). The van der Waals surface area contributed by atoms with Gasteiger partial charge in [-0.2, -0.15) is 0 Å². The Kier molecular flexibility index (Phi) is 6.04. The van der Waals surface area contributed by atoms with Gasteiger partial charge in [0.15, 0.2) is 0 Å². The lowest BCUT2D eigenvalue weighted by Crippen LogP contribution is -2.18. The molecule has 0 aliphatic heterocycles. The average Bonchev–Trinajstić information content (AvgIpc) is 3.27. The minimum absolute atomic E-state index is 0.489. The fraction of sp³-hybridized carbons (Fsp3) is 0.500. The van der Waals surface area contributed by atoms with E-state index in [1.54, 1.807) is 18.1 Å². The molecule has 1 spiro atoms. The molecule has 0 amide bonds. The number of hydrogen-bond acceptors (Lipinski definition) is 1. The van der Waals surface area contributed by atoms with Crippen molar-refractivity contribution in [3.63, 3.8) is 0 Å². The zero-order chi connectivity index (χ0) is 17.7. The summed E-state index contributed by atoms with van der Waals surface area (Å²) in [5, 5.41) is 8.70. The number of carbonyl (C=O) groups is 1. The van der Waals surface area contributed by atoms with Gasteiger partial charge in [0.1, 0.15) is 0 Å². The van der Waals surface area contributed by atoms with Gasteiger partial charge in [-0.25, -0.2) is 4.79 Å². The zero-order valence-corrected chi connectivity index (χ0v) is 15.4. The third-order valence-corrected chi connectivity index (χ3v) is 5.51. The van der Waals surface area contributed by atoms with Crippen LogP contribution in [0.1, 0.15) is 59.8 Å². The van der Waals surface area contributed by atoms with E-state index in [4.69, 9.17) is 5.11 Å². The third kappa shape index (κ3) is 4.59. The molecule has 0 aromatic rings. The second-order valence-corrected chi connectivity index (χ2v) is 7.35. The van der Waals surface area contributed by atoms with Gasteiger partial charge in [0.05, 0.1) is 0 Å². The van der Waals surface area contributed by atoms with Crippen molar-refractivity contribution < 1.29 is 9.90 Å². The van der Waals surface area contributed by atoms with E-state index in [-0.39, 0.29) is 0 Å². The van der Waals surface area contributed by atoms with E-state index >= 15 is 0 Å². The van der Waals surface area contributed by atoms with Gasteiger partial charge in [0.25, 0.3) is 0 Å². The van der Waals surface area contributed by atoms with Crippen molar-refractivity contribution in [3.05, 3.63) is 58.7 Å². The van der Waals surface area contributed by atoms with Crippen molar-refractivity contribution in [2.75, 3.05) is 0 Å². The summed E-state index contributed by atoms with van der Waals surface area (Å²) in [6.45, 7) is 8.50. The lowest BCUT2D eigenvalue weighted by molar-refractivity contribution is -0.131. The largest absolute Gasteiger partial charge is 0.478 e. The van der Waals surface area contributed by atoms with E-state index in [1.807, 2.05) is 18.2 Å². The number of rotatable bonds is 6. The Labute approximate surface area is 146 Å². The number of allylic oxidation sites excluding steroid dienone is 9. The maximum absolute atomic E-state index is 10.6. The lowest BCUT2D eigenvalue weighted by atomic mass is 9.74. The monoisotopic (exact) mass is 326 g/mol. The van der Waals surface area contributed by atoms with Crippen LogP contribution in [0.3, 0.4) is 0 Å². The van der Waals surface area contributed by atoms with Crippen LogP contribution in [0.2, 0.25) is 0 Å². The molecular formula is C22H30O2. The first-order chi connectivity index (χ1) is 11.4. The number of carboxylic acid groups (broad SMARTS) is 1. The minimum atomic E-state index is -0.905. The predicted molar refractivity (Wildman–Crippen MR) is 101 cm³/mol. The van der Waals surface area contributed by atoms with Gasteiger partial charge >= 0.3 is 5.97 Å². The molecule has 1 saturated carbocycles. The third-order valence-electron chi connectivity index (χ3n) is 5.51. The summed E-state index contributed by atoms with van der Waals surface area (Å²) in [5.74, 6) is -0.151. The maximum Gasteiger partial charge on any atom is 0.328 e. The summed E-state index contributed by atoms with van der Waals surface area (Å²) in [6.07, 6.45) is 18.2. The standard InChI is InChI=1S/C22H30O2/c1-5-19-11-12-22(13-14-22)20(18(19)4)10-9-16(2)7-6-8-17(3)15-21(23)24/h6-10,15,19H,5,11-14H2,1-4H3,(H,23,24)/b8-6+,10-9+,16-7+,17-15+. The van der Waals surface area contributed by atoms with Crippen LogP contribution in [0.5, 0.6) is 0 Å². The highest BCUT2D eigenvalue weighted by Gasteiger charge is 2.47. The Balaban J connectivity index is 2.10. The van der Waals surface area contributed by atoms with Crippen molar-refractivity contribution in [2.45, 2.75) is 59.8 Å². The van der Waals surface area contributed by atoms with Crippen LogP contribution in [-0.4, -0.2) is 11.1 Å². The molecule has 1 atom stereocenters. The second-order valence-electron chi connectivity index (χ2n) is 7.35. The molecule has 2 heteroatoms. The molecule has 24 heavy (non-hydrogen) atoms. The van der Waals surface area contributed by atoms with E-state index in [9.17, 15) is 4.79 Å². The van der Waals surface area contributed by atoms with E-state index in [2.05, 4.69) is 32.9 Å².